The van der Waals surface area contributed by atoms with Crippen LogP contribution < -0.4 is 5.69 Å². The number of aromatic nitrogens is 5. The fourth-order valence-electron chi connectivity index (χ4n) is 8.31. The van der Waals surface area contributed by atoms with Crippen molar-refractivity contribution < 1.29 is 0 Å². The third-order valence-electron chi connectivity index (χ3n) is 11.4. The maximum atomic E-state index is 12.6. The monoisotopic (exact) mass is 777 g/mol. The first-order valence-electron chi connectivity index (χ1n) is 19.6. The fourth-order valence-corrected chi connectivity index (χ4v) is 9.40. The van der Waals surface area contributed by atoms with Crippen LogP contribution in [0.3, 0.4) is 0 Å². The maximum absolute atomic E-state index is 12.6. The van der Waals surface area contributed by atoms with Crippen molar-refractivity contribution in [3.63, 3.8) is 0 Å². The number of thiophene rings is 1. The topological polar surface area (TPSA) is 65.6 Å². The number of rotatable bonds is 6. The average Bonchev–Trinajstić information content (AvgIpc) is 3.78. The van der Waals surface area contributed by atoms with E-state index in [1.54, 1.807) is 16.2 Å². The summed E-state index contributed by atoms with van der Waals surface area (Å²) in [4.78, 5) is 28.1. The molecule has 59 heavy (non-hydrogen) atoms. The molecule has 11 aromatic rings. The second-order valence-corrected chi connectivity index (χ2v) is 16.1. The summed E-state index contributed by atoms with van der Waals surface area (Å²) in [6.07, 6.45) is 0. The van der Waals surface area contributed by atoms with Crippen molar-refractivity contribution in [3.05, 3.63) is 186 Å². The van der Waals surface area contributed by atoms with Crippen LogP contribution in [-0.4, -0.2) is 24.1 Å². The molecule has 0 N–H and O–H groups in total. The molecule has 280 valence electrons. The van der Waals surface area contributed by atoms with E-state index in [4.69, 9.17) is 15.0 Å². The van der Waals surface area contributed by atoms with Gasteiger partial charge in [-0.3, -0.25) is 9.13 Å². The van der Waals surface area contributed by atoms with E-state index < -0.39 is 0 Å². The molecule has 0 aliphatic rings. The van der Waals surface area contributed by atoms with Crippen LogP contribution in [0.1, 0.15) is 0 Å². The lowest BCUT2D eigenvalue weighted by Crippen LogP contribution is -2.19. The highest BCUT2D eigenvalue weighted by Gasteiger charge is 2.17. The largest absolute Gasteiger partial charge is 0.328 e. The third-order valence-corrected chi connectivity index (χ3v) is 12.6. The summed E-state index contributed by atoms with van der Waals surface area (Å²) in [5.41, 5.74) is 11.0. The Bertz CT molecular complexity index is 3480. The van der Waals surface area contributed by atoms with Gasteiger partial charge >= 0.3 is 5.69 Å². The van der Waals surface area contributed by atoms with Crippen LogP contribution in [0.5, 0.6) is 0 Å². The van der Waals surface area contributed by atoms with Crippen molar-refractivity contribution in [1.29, 1.82) is 0 Å². The Balaban J connectivity index is 1.08. The zero-order valence-electron chi connectivity index (χ0n) is 32.3. The van der Waals surface area contributed by atoms with Gasteiger partial charge in [-0.2, -0.15) is 0 Å². The molecule has 3 aromatic heterocycles. The molecule has 0 amide bonds. The Hall–Kier alpha value is -7.48. The zero-order valence-corrected chi connectivity index (χ0v) is 33.1. The molecule has 0 radical (unpaired) electrons. The van der Waals surface area contributed by atoms with E-state index in [1.807, 2.05) is 54.8 Å². The molecular weight excluding hydrogens is 743 g/mol. The summed E-state index contributed by atoms with van der Waals surface area (Å²) in [6.45, 7) is 0. The van der Waals surface area contributed by atoms with Crippen LogP contribution >= 0.6 is 11.3 Å². The number of aryl methyl sites for hydroxylation is 2. The summed E-state index contributed by atoms with van der Waals surface area (Å²) >= 11 is 1.83. The van der Waals surface area contributed by atoms with Gasteiger partial charge in [-0.25, -0.2) is 19.7 Å². The number of fused-ring (bicyclic) bond motifs is 5. The van der Waals surface area contributed by atoms with Gasteiger partial charge in [-0.15, -0.1) is 11.3 Å². The van der Waals surface area contributed by atoms with Gasteiger partial charge in [0.25, 0.3) is 0 Å². The summed E-state index contributed by atoms with van der Waals surface area (Å²) in [5, 5.41) is 4.90. The van der Waals surface area contributed by atoms with Crippen LogP contribution in [0.2, 0.25) is 0 Å². The predicted molar refractivity (Wildman–Crippen MR) is 245 cm³/mol. The molecule has 7 heteroatoms. The minimum Gasteiger partial charge on any atom is -0.295 e. The number of nitrogens with zero attached hydrogens (tertiary/aromatic N) is 5. The van der Waals surface area contributed by atoms with Gasteiger partial charge in [0, 0.05) is 51.0 Å². The van der Waals surface area contributed by atoms with Crippen molar-refractivity contribution in [3.8, 4) is 67.5 Å². The quantitative estimate of drug-likeness (QED) is 0.169. The van der Waals surface area contributed by atoms with Gasteiger partial charge in [0.15, 0.2) is 17.5 Å². The van der Waals surface area contributed by atoms with Gasteiger partial charge in [0.05, 0.1) is 11.0 Å². The standard InChI is InChI=1S/C52H35N5OS/c1-56-45-25-23-37(31-46(45)57(2)52(56)58)32-19-21-35(22-20-32)50-53-49(34-12-4-3-5-13-34)54-51(55-50)40-28-38(27-39(29-40)42-17-10-14-33-11-6-7-15-41(33)42)36-24-26-48-44(30-36)43-16-8-9-18-47(43)59-48/h3-31H,1-2H3. The molecule has 0 aliphatic carbocycles. The minimum absolute atomic E-state index is 0.0423. The van der Waals surface area contributed by atoms with Crippen LogP contribution in [-0.2, 0) is 14.1 Å². The number of benzene rings is 8. The smallest absolute Gasteiger partial charge is 0.295 e. The average molecular weight is 778 g/mol. The van der Waals surface area contributed by atoms with Crippen molar-refractivity contribution in [2.75, 3.05) is 0 Å². The summed E-state index contributed by atoms with van der Waals surface area (Å²) in [6, 6.07) is 61.7. The van der Waals surface area contributed by atoms with Crippen molar-refractivity contribution in [2.24, 2.45) is 14.1 Å². The zero-order chi connectivity index (χ0) is 39.6. The number of hydrogen-bond acceptors (Lipinski definition) is 5. The van der Waals surface area contributed by atoms with Gasteiger partial charge in [-0.05, 0) is 92.7 Å². The first-order valence-corrected chi connectivity index (χ1v) is 20.4. The van der Waals surface area contributed by atoms with Gasteiger partial charge in [-0.1, -0.05) is 127 Å². The lowest BCUT2D eigenvalue weighted by atomic mass is 9.92. The lowest BCUT2D eigenvalue weighted by Gasteiger charge is -2.14. The molecular formula is C52H35N5OS. The lowest BCUT2D eigenvalue weighted by molar-refractivity contribution is 0.795. The highest BCUT2D eigenvalue weighted by atomic mass is 32.1. The number of hydrogen-bond donors (Lipinski definition) is 0. The molecule has 0 spiro atoms. The van der Waals surface area contributed by atoms with Crippen LogP contribution in [0.4, 0.5) is 0 Å². The van der Waals surface area contributed by atoms with E-state index >= 15 is 0 Å². The summed E-state index contributed by atoms with van der Waals surface area (Å²) < 4.78 is 5.92. The van der Waals surface area contributed by atoms with Crippen molar-refractivity contribution in [2.45, 2.75) is 0 Å². The molecule has 6 nitrogen and oxygen atoms in total. The Kier molecular flexibility index (Phi) is 8.17. The molecule has 0 unspecified atom stereocenters. The minimum atomic E-state index is -0.0423. The Morgan fingerprint density at radius 1 is 0.390 bits per heavy atom. The van der Waals surface area contributed by atoms with E-state index in [9.17, 15) is 4.79 Å². The first-order chi connectivity index (χ1) is 28.9. The summed E-state index contributed by atoms with van der Waals surface area (Å²) in [7, 11) is 3.61. The van der Waals surface area contributed by atoms with Crippen LogP contribution in [0, 0.1) is 0 Å². The van der Waals surface area contributed by atoms with Gasteiger partial charge in [0.1, 0.15) is 0 Å². The summed E-state index contributed by atoms with van der Waals surface area (Å²) in [5.74, 6) is 1.79. The van der Waals surface area contributed by atoms with Crippen molar-refractivity contribution >= 4 is 53.3 Å². The molecule has 8 aromatic carbocycles. The van der Waals surface area contributed by atoms with E-state index in [0.29, 0.717) is 17.5 Å². The molecule has 11 rings (SSSR count). The second kappa shape index (κ2) is 13.9. The van der Waals surface area contributed by atoms with Gasteiger partial charge < -0.3 is 0 Å². The Morgan fingerprint density at radius 3 is 1.76 bits per heavy atom. The third kappa shape index (κ3) is 6.02. The fraction of sp³-hybridized carbons (Fsp3) is 0.0385. The van der Waals surface area contributed by atoms with Gasteiger partial charge in [0.2, 0.25) is 0 Å². The molecule has 0 atom stereocenters. The van der Waals surface area contributed by atoms with Crippen LogP contribution in [0.25, 0.3) is 110 Å². The second-order valence-electron chi connectivity index (χ2n) is 15.0. The SMILES string of the molecule is Cn1c(=O)n(C)c2cc(-c3ccc(-c4nc(-c5ccccc5)nc(-c5cc(-c6ccc7sc8ccccc8c7c6)cc(-c6cccc7ccccc67)c5)n4)cc3)ccc21. The molecule has 0 aliphatic heterocycles. The predicted octanol–water partition coefficient (Wildman–Crippen LogP) is 12.6. The van der Waals surface area contributed by atoms with E-state index in [0.717, 1.165) is 61.1 Å². The van der Waals surface area contributed by atoms with E-state index in [2.05, 4.69) is 140 Å². The molecule has 0 saturated heterocycles. The highest BCUT2D eigenvalue weighted by molar-refractivity contribution is 7.25. The molecule has 0 bridgehead atoms. The maximum Gasteiger partial charge on any atom is 0.328 e. The first kappa shape index (κ1) is 34.7. The van der Waals surface area contributed by atoms with Crippen LogP contribution in [0.15, 0.2) is 181 Å². The molecule has 0 saturated carbocycles. The molecule has 3 heterocycles. The molecule has 0 fully saturated rings. The van der Waals surface area contributed by atoms with E-state index in [-0.39, 0.29) is 5.69 Å². The van der Waals surface area contributed by atoms with E-state index in [1.165, 1.54) is 30.9 Å². The Labute approximate surface area is 344 Å². The Morgan fingerprint density at radius 2 is 0.949 bits per heavy atom. The number of imidazole rings is 1. The normalized spacial score (nSPS) is 11.6. The van der Waals surface area contributed by atoms with Crippen molar-refractivity contribution in [1.82, 2.24) is 24.1 Å². The highest BCUT2D eigenvalue weighted by Crippen LogP contribution is 2.40.